The van der Waals surface area contributed by atoms with E-state index in [-0.39, 0.29) is 5.78 Å². The summed E-state index contributed by atoms with van der Waals surface area (Å²) in [6, 6.07) is 0.554. The van der Waals surface area contributed by atoms with Crippen molar-refractivity contribution in [2.24, 2.45) is 0 Å². The average molecular weight is 267 g/mol. The fourth-order valence-corrected chi connectivity index (χ4v) is 3.21. The number of piperidine rings is 1. The number of nitrogens with zero attached hydrogens (tertiary/aromatic N) is 3. The van der Waals surface area contributed by atoms with E-state index in [1.165, 1.54) is 24.2 Å². The molecule has 0 unspecified atom stereocenters. The van der Waals surface area contributed by atoms with Crippen molar-refractivity contribution >= 4 is 22.3 Å². The monoisotopic (exact) mass is 267 g/mol. The molecular formula is C13H21N3OS. The number of anilines is 1. The van der Waals surface area contributed by atoms with Gasteiger partial charge in [-0.25, -0.2) is 4.98 Å². The first kappa shape index (κ1) is 13.5. The van der Waals surface area contributed by atoms with Crippen LogP contribution in [0.2, 0.25) is 0 Å². The van der Waals surface area contributed by atoms with Crippen molar-refractivity contribution in [3.63, 3.8) is 0 Å². The van der Waals surface area contributed by atoms with Crippen molar-refractivity contribution in [3.05, 3.63) is 11.1 Å². The normalized spacial score (nSPS) is 17.9. The molecule has 0 aliphatic carbocycles. The van der Waals surface area contributed by atoms with Gasteiger partial charge in [0.1, 0.15) is 0 Å². The molecule has 0 bridgehead atoms. The van der Waals surface area contributed by atoms with E-state index in [9.17, 15) is 4.79 Å². The maximum absolute atomic E-state index is 11.3. The summed E-state index contributed by atoms with van der Waals surface area (Å²) in [6.45, 7) is 7.27. The minimum absolute atomic E-state index is 0.105. The van der Waals surface area contributed by atoms with E-state index in [0.717, 1.165) is 29.6 Å². The summed E-state index contributed by atoms with van der Waals surface area (Å²) in [4.78, 5) is 21.1. The molecule has 18 heavy (non-hydrogen) atoms. The van der Waals surface area contributed by atoms with Gasteiger partial charge in [0.05, 0.1) is 11.1 Å². The maximum Gasteiger partial charge on any atom is 0.185 e. The van der Waals surface area contributed by atoms with Gasteiger partial charge < -0.3 is 9.80 Å². The Hall–Kier alpha value is -0.940. The second-order valence-corrected chi connectivity index (χ2v) is 5.85. The molecule has 1 aliphatic heterocycles. The van der Waals surface area contributed by atoms with Crippen molar-refractivity contribution in [2.45, 2.75) is 32.7 Å². The molecule has 0 atom stereocenters. The molecule has 5 heteroatoms. The lowest BCUT2D eigenvalue weighted by molar-refractivity contribution is 0.102. The zero-order chi connectivity index (χ0) is 13.1. The summed E-state index contributed by atoms with van der Waals surface area (Å²) in [5.74, 6) is 0.105. The Kier molecular flexibility index (Phi) is 4.35. The lowest BCUT2D eigenvalue weighted by atomic mass is 10.0. The summed E-state index contributed by atoms with van der Waals surface area (Å²) in [7, 11) is 2.09. The molecule has 1 aromatic rings. The van der Waals surface area contributed by atoms with Gasteiger partial charge in [-0.15, -0.1) is 0 Å². The molecule has 1 aliphatic rings. The zero-order valence-electron chi connectivity index (χ0n) is 11.3. The second kappa shape index (κ2) is 5.80. The van der Waals surface area contributed by atoms with Crippen LogP contribution in [0.5, 0.6) is 0 Å². The highest BCUT2D eigenvalue weighted by atomic mass is 32.1. The molecule has 1 fully saturated rings. The molecule has 0 aromatic carbocycles. The van der Waals surface area contributed by atoms with Crippen LogP contribution in [-0.4, -0.2) is 48.4 Å². The highest BCUT2D eigenvalue weighted by Crippen LogP contribution is 2.26. The van der Waals surface area contributed by atoms with Crippen LogP contribution in [0.15, 0.2) is 6.20 Å². The molecule has 1 aromatic heterocycles. The highest BCUT2D eigenvalue weighted by molar-refractivity contribution is 7.17. The van der Waals surface area contributed by atoms with Crippen molar-refractivity contribution in [3.8, 4) is 0 Å². The van der Waals surface area contributed by atoms with E-state index in [2.05, 4.69) is 28.8 Å². The fourth-order valence-electron chi connectivity index (χ4n) is 2.37. The van der Waals surface area contributed by atoms with Gasteiger partial charge in [-0.2, -0.15) is 0 Å². The Morgan fingerprint density at radius 2 is 2.22 bits per heavy atom. The van der Waals surface area contributed by atoms with Crippen LogP contribution < -0.4 is 4.90 Å². The molecule has 0 N–H and O–H groups in total. The quantitative estimate of drug-likeness (QED) is 0.784. The molecule has 2 rings (SSSR count). The Bertz CT molecular complexity index is 410. The summed E-state index contributed by atoms with van der Waals surface area (Å²) >= 11 is 1.50. The number of carbonyl (C=O) groups excluding carboxylic acids is 1. The van der Waals surface area contributed by atoms with Gasteiger partial charge in [-0.3, -0.25) is 4.79 Å². The highest BCUT2D eigenvalue weighted by Gasteiger charge is 2.23. The Morgan fingerprint density at radius 1 is 1.56 bits per heavy atom. The minimum atomic E-state index is 0.105. The number of thiazole rings is 1. The first-order valence-corrected chi connectivity index (χ1v) is 7.35. The topological polar surface area (TPSA) is 36.4 Å². The average Bonchev–Trinajstić information content (AvgIpc) is 2.88. The first-order chi connectivity index (χ1) is 8.61. The van der Waals surface area contributed by atoms with E-state index in [4.69, 9.17) is 0 Å². The number of hydrogen-bond acceptors (Lipinski definition) is 5. The van der Waals surface area contributed by atoms with E-state index >= 15 is 0 Å². The van der Waals surface area contributed by atoms with Crippen molar-refractivity contribution in [1.29, 1.82) is 0 Å². The molecule has 0 radical (unpaired) electrons. The number of carbonyl (C=O) groups is 1. The maximum atomic E-state index is 11.3. The van der Waals surface area contributed by atoms with Crippen LogP contribution in [0.4, 0.5) is 5.13 Å². The van der Waals surface area contributed by atoms with Crippen molar-refractivity contribution < 1.29 is 4.79 Å². The van der Waals surface area contributed by atoms with Crippen LogP contribution in [0.1, 0.15) is 36.4 Å². The van der Waals surface area contributed by atoms with Gasteiger partial charge in [0, 0.05) is 33.1 Å². The Morgan fingerprint density at radius 3 is 2.72 bits per heavy atom. The third kappa shape index (κ3) is 2.90. The van der Waals surface area contributed by atoms with Gasteiger partial charge >= 0.3 is 0 Å². The molecule has 4 nitrogen and oxygen atoms in total. The van der Waals surface area contributed by atoms with Gasteiger partial charge in [-0.1, -0.05) is 18.3 Å². The summed E-state index contributed by atoms with van der Waals surface area (Å²) < 4.78 is 0. The van der Waals surface area contributed by atoms with Gasteiger partial charge in [-0.05, 0) is 19.4 Å². The smallest absolute Gasteiger partial charge is 0.185 e. The number of ketones is 1. The van der Waals surface area contributed by atoms with Gasteiger partial charge in [0.2, 0.25) is 0 Å². The number of likely N-dealkylation sites (tertiary alicyclic amines) is 1. The van der Waals surface area contributed by atoms with Crippen LogP contribution in [0, 0.1) is 0 Å². The molecule has 0 spiro atoms. The Balaban J connectivity index is 1.98. The van der Waals surface area contributed by atoms with E-state index < -0.39 is 0 Å². The van der Waals surface area contributed by atoms with E-state index in [0.29, 0.717) is 6.04 Å². The summed E-state index contributed by atoms with van der Waals surface area (Å²) in [5, 5.41) is 0.968. The van der Waals surface area contributed by atoms with Crippen LogP contribution in [0.3, 0.4) is 0 Å². The van der Waals surface area contributed by atoms with Crippen LogP contribution in [-0.2, 0) is 0 Å². The zero-order valence-corrected chi connectivity index (χ0v) is 12.2. The Labute approximate surface area is 113 Å². The fraction of sp³-hybridized carbons (Fsp3) is 0.692. The number of aromatic nitrogens is 1. The predicted molar refractivity (Wildman–Crippen MR) is 75.7 cm³/mol. The first-order valence-electron chi connectivity index (χ1n) is 6.53. The molecule has 1 saturated heterocycles. The predicted octanol–water partition coefficient (Wildman–Crippen LogP) is 2.27. The second-order valence-electron chi connectivity index (χ2n) is 4.84. The molecule has 2 heterocycles. The summed E-state index contributed by atoms with van der Waals surface area (Å²) in [6.07, 6.45) is 4.05. The van der Waals surface area contributed by atoms with E-state index in [1.807, 2.05) is 0 Å². The third-order valence-electron chi connectivity index (χ3n) is 3.69. The standard InChI is InChI=1S/C13H21N3OS/c1-4-16-7-5-11(6-8-16)15(3)13-14-9-12(18-13)10(2)17/h9,11H,4-8H2,1-3H3. The van der Waals surface area contributed by atoms with E-state index in [1.54, 1.807) is 13.1 Å². The number of Topliss-reactive ketones (excluding diaryl/α,β-unsaturated/α-hetero) is 1. The SMILES string of the molecule is CCN1CCC(N(C)c2ncc(C(C)=O)s2)CC1. The molecule has 0 amide bonds. The van der Waals surface area contributed by atoms with Gasteiger partial charge in [0.15, 0.2) is 10.9 Å². The number of hydrogen-bond donors (Lipinski definition) is 0. The third-order valence-corrected chi connectivity index (χ3v) is 4.88. The molecule has 100 valence electrons. The lowest BCUT2D eigenvalue weighted by Gasteiger charge is -2.36. The lowest BCUT2D eigenvalue weighted by Crippen LogP contribution is -2.43. The largest absolute Gasteiger partial charge is 0.348 e. The van der Waals surface area contributed by atoms with Crippen LogP contribution in [0.25, 0.3) is 0 Å². The molecular weight excluding hydrogens is 246 g/mol. The number of rotatable bonds is 4. The van der Waals surface area contributed by atoms with Gasteiger partial charge in [0.25, 0.3) is 0 Å². The molecule has 0 saturated carbocycles. The van der Waals surface area contributed by atoms with Crippen LogP contribution >= 0.6 is 11.3 Å². The summed E-state index contributed by atoms with van der Waals surface area (Å²) in [5.41, 5.74) is 0. The van der Waals surface area contributed by atoms with Crippen molar-refractivity contribution in [2.75, 3.05) is 31.6 Å². The van der Waals surface area contributed by atoms with Crippen molar-refractivity contribution in [1.82, 2.24) is 9.88 Å². The minimum Gasteiger partial charge on any atom is -0.348 e.